The van der Waals surface area contributed by atoms with Crippen LogP contribution >= 0.6 is 0 Å². The van der Waals surface area contributed by atoms with Gasteiger partial charge in [-0.15, -0.1) is 0 Å². The normalized spacial score (nSPS) is 17.9. The first-order chi connectivity index (χ1) is 6.72. The molecule has 0 saturated heterocycles. The second-order valence-corrected chi connectivity index (χ2v) is 3.83. The number of ether oxygens (including phenoxy) is 1. The molecule has 4 heteroatoms. The Morgan fingerprint density at radius 3 is 2.86 bits per heavy atom. The molecule has 1 saturated carbocycles. The lowest BCUT2D eigenvalue weighted by molar-refractivity contribution is -0.121. The first kappa shape index (κ1) is 11.5. The molecule has 1 aliphatic carbocycles. The van der Waals surface area contributed by atoms with Crippen LogP contribution in [0.15, 0.2) is 0 Å². The lowest BCUT2D eigenvalue weighted by atomic mass is 10.3. The molecule has 1 rings (SSSR count). The molecule has 1 atom stereocenters. The van der Waals surface area contributed by atoms with Crippen molar-refractivity contribution in [2.24, 2.45) is 0 Å². The minimum absolute atomic E-state index is 0.0929. The van der Waals surface area contributed by atoms with Gasteiger partial charge in [0.1, 0.15) is 0 Å². The van der Waals surface area contributed by atoms with Crippen molar-refractivity contribution in [1.29, 1.82) is 0 Å². The van der Waals surface area contributed by atoms with Gasteiger partial charge in [0.15, 0.2) is 0 Å². The van der Waals surface area contributed by atoms with E-state index in [1.807, 2.05) is 6.92 Å². The van der Waals surface area contributed by atoms with Gasteiger partial charge in [0.2, 0.25) is 5.91 Å². The first-order valence-electron chi connectivity index (χ1n) is 5.25. The third-order valence-corrected chi connectivity index (χ3v) is 2.35. The highest BCUT2D eigenvalue weighted by Crippen LogP contribution is 2.18. The monoisotopic (exact) mass is 200 g/mol. The Labute approximate surface area is 85.4 Å². The lowest BCUT2D eigenvalue weighted by Crippen LogP contribution is -2.33. The van der Waals surface area contributed by atoms with Gasteiger partial charge >= 0.3 is 0 Å². The second kappa shape index (κ2) is 5.98. The number of hydrogen-bond acceptors (Lipinski definition) is 3. The van der Waals surface area contributed by atoms with Gasteiger partial charge in [0.25, 0.3) is 0 Å². The van der Waals surface area contributed by atoms with Gasteiger partial charge < -0.3 is 15.4 Å². The molecule has 0 radical (unpaired) electrons. The summed E-state index contributed by atoms with van der Waals surface area (Å²) in [7, 11) is 1.64. The van der Waals surface area contributed by atoms with Gasteiger partial charge in [-0.3, -0.25) is 4.79 Å². The molecule has 0 aromatic carbocycles. The number of rotatable bonds is 7. The SMILES string of the molecule is COC(C)CNC(=O)CCNC1CC1. The number of nitrogens with one attached hydrogen (secondary N) is 2. The molecule has 4 nitrogen and oxygen atoms in total. The fraction of sp³-hybridized carbons (Fsp3) is 0.900. The number of hydrogen-bond donors (Lipinski definition) is 2. The fourth-order valence-corrected chi connectivity index (χ4v) is 1.11. The molecule has 1 amide bonds. The molecule has 1 unspecified atom stereocenters. The van der Waals surface area contributed by atoms with Crippen molar-refractivity contribution < 1.29 is 9.53 Å². The maximum atomic E-state index is 11.3. The molecule has 82 valence electrons. The average Bonchev–Trinajstić information content (AvgIpc) is 2.98. The number of amides is 1. The van der Waals surface area contributed by atoms with Gasteiger partial charge in [-0.2, -0.15) is 0 Å². The summed E-state index contributed by atoms with van der Waals surface area (Å²) in [6, 6.07) is 0.681. The summed E-state index contributed by atoms with van der Waals surface area (Å²) in [5.74, 6) is 0.0991. The van der Waals surface area contributed by atoms with Crippen LogP contribution in [0.5, 0.6) is 0 Å². The van der Waals surface area contributed by atoms with E-state index >= 15 is 0 Å². The van der Waals surface area contributed by atoms with E-state index in [1.165, 1.54) is 12.8 Å². The van der Waals surface area contributed by atoms with E-state index < -0.39 is 0 Å². The second-order valence-electron chi connectivity index (χ2n) is 3.83. The van der Waals surface area contributed by atoms with Crippen LogP contribution in [-0.2, 0) is 9.53 Å². The van der Waals surface area contributed by atoms with Crippen molar-refractivity contribution in [3.63, 3.8) is 0 Å². The van der Waals surface area contributed by atoms with Crippen molar-refractivity contribution >= 4 is 5.91 Å². The quantitative estimate of drug-likeness (QED) is 0.620. The Kier molecular flexibility index (Phi) is 4.90. The van der Waals surface area contributed by atoms with E-state index in [1.54, 1.807) is 7.11 Å². The molecule has 0 aromatic rings. The summed E-state index contributed by atoms with van der Waals surface area (Å²) in [5, 5.41) is 6.12. The molecule has 2 N–H and O–H groups in total. The number of methoxy groups -OCH3 is 1. The minimum atomic E-state index is 0.0929. The highest BCUT2D eigenvalue weighted by Gasteiger charge is 2.19. The third-order valence-electron chi connectivity index (χ3n) is 2.35. The molecule has 0 bridgehead atoms. The predicted molar refractivity (Wildman–Crippen MR) is 55.1 cm³/mol. The van der Waals surface area contributed by atoms with Gasteiger partial charge in [0, 0.05) is 32.7 Å². The van der Waals surface area contributed by atoms with E-state index in [9.17, 15) is 4.79 Å². The molecular weight excluding hydrogens is 180 g/mol. The van der Waals surface area contributed by atoms with Crippen molar-refractivity contribution in [3.05, 3.63) is 0 Å². The summed E-state index contributed by atoms with van der Waals surface area (Å²) in [4.78, 5) is 11.3. The smallest absolute Gasteiger partial charge is 0.221 e. The van der Waals surface area contributed by atoms with E-state index in [2.05, 4.69) is 10.6 Å². The van der Waals surface area contributed by atoms with Gasteiger partial charge in [-0.05, 0) is 19.8 Å². The topological polar surface area (TPSA) is 50.4 Å². The zero-order chi connectivity index (χ0) is 10.4. The zero-order valence-electron chi connectivity index (χ0n) is 9.01. The van der Waals surface area contributed by atoms with Crippen LogP contribution in [0.3, 0.4) is 0 Å². The summed E-state index contributed by atoms with van der Waals surface area (Å²) in [5.41, 5.74) is 0. The Balaban J connectivity index is 1.92. The average molecular weight is 200 g/mol. The Morgan fingerprint density at radius 1 is 1.57 bits per heavy atom. The highest BCUT2D eigenvalue weighted by molar-refractivity contribution is 5.76. The van der Waals surface area contributed by atoms with Crippen LogP contribution in [0.4, 0.5) is 0 Å². The molecule has 1 aliphatic rings. The molecule has 0 heterocycles. The Hall–Kier alpha value is -0.610. The van der Waals surface area contributed by atoms with E-state index in [4.69, 9.17) is 4.74 Å². The maximum absolute atomic E-state index is 11.3. The van der Waals surface area contributed by atoms with Crippen molar-refractivity contribution in [2.75, 3.05) is 20.2 Å². The van der Waals surface area contributed by atoms with Crippen molar-refractivity contribution in [1.82, 2.24) is 10.6 Å². The van der Waals surface area contributed by atoms with Crippen LogP contribution in [0.2, 0.25) is 0 Å². The molecule has 1 fully saturated rings. The Morgan fingerprint density at radius 2 is 2.29 bits per heavy atom. The third kappa shape index (κ3) is 5.19. The molecule has 14 heavy (non-hydrogen) atoms. The first-order valence-corrected chi connectivity index (χ1v) is 5.25. The van der Waals surface area contributed by atoms with Crippen LogP contribution < -0.4 is 10.6 Å². The van der Waals surface area contributed by atoms with Crippen molar-refractivity contribution in [2.45, 2.75) is 38.3 Å². The zero-order valence-corrected chi connectivity index (χ0v) is 9.01. The summed E-state index contributed by atoms with van der Waals surface area (Å²) in [6.45, 7) is 3.32. The lowest BCUT2D eigenvalue weighted by Gasteiger charge is -2.10. The van der Waals surface area contributed by atoms with E-state index in [-0.39, 0.29) is 12.0 Å². The van der Waals surface area contributed by atoms with Crippen LogP contribution in [0, 0.1) is 0 Å². The standard InChI is InChI=1S/C10H20N2O2/c1-8(14-2)7-12-10(13)5-6-11-9-3-4-9/h8-9,11H,3-7H2,1-2H3,(H,12,13). The fourth-order valence-electron chi connectivity index (χ4n) is 1.11. The van der Waals surface area contributed by atoms with Gasteiger partial charge in [-0.1, -0.05) is 0 Å². The summed E-state index contributed by atoms with van der Waals surface area (Å²) in [6.07, 6.45) is 3.19. The van der Waals surface area contributed by atoms with E-state index in [0.29, 0.717) is 19.0 Å². The highest BCUT2D eigenvalue weighted by atomic mass is 16.5. The van der Waals surface area contributed by atoms with Gasteiger partial charge in [-0.25, -0.2) is 0 Å². The maximum Gasteiger partial charge on any atom is 0.221 e. The van der Waals surface area contributed by atoms with Crippen LogP contribution in [0.25, 0.3) is 0 Å². The number of carbonyl (C=O) groups excluding carboxylic acids is 1. The van der Waals surface area contributed by atoms with E-state index in [0.717, 1.165) is 6.54 Å². The van der Waals surface area contributed by atoms with Gasteiger partial charge in [0.05, 0.1) is 6.10 Å². The molecular formula is C10H20N2O2. The predicted octanol–water partition coefficient (Wildman–Crippen LogP) is 0.280. The number of carbonyl (C=O) groups is 1. The van der Waals surface area contributed by atoms with Crippen LogP contribution in [-0.4, -0.2) is 38.3 Å². The molecule has 0 spiro atoms. The Bertz CT molecular complexity index is 181. The molecule has 0 aromatic heterocycles. The van der Waals surface area contributed by atoms with Crippen LogP contribution in [0.1, 0.15) is 26.2 Å². The summed E-state index contributed by atoms with van der Waals surface area (Å²) < 4.78 is 5.02. The minimum Gasteiger partial charge on any atom is -0.380 e. The largest absolute Gasteiger partial charge is 0.380 e. The van der Waals surface area contributed by atoms with Crippen molar-refractivity contribution in [3.8, 4) is 0 Å². The summed E-state index contributed by atoms with van der Waals surface area (Å²) >= 11 is 0. The molecule has 0 aliphatic heterocycles.